The average molecular weight is 316 g/mol. The second-order valence-corrected chi connectivity index (χ2v) is 6.93. The summed E-state index contributed by atoms with van der Waals surface area (Å²) in [5.41, 5.74) is 0.588. The van der Waals surface area contributed by atoms with E-state index in [0.717, 1.165) is 49.8 Å². The number of nitrogens with zero attached hydrogens (tertiary/aromatic N) is 4. The van der Waals surface area contributed by atoms with E-state index in [9.17, 15) is 10.1 Å². The molecule has 3 heterocycles. The molecule has 0 spiro atoms. The maximum absolute atomic E-state index is 12.7. The first-order chi connectivity index (χ1) is 10.8. The molecule has 0 radical (unpaired) electrons. The van der Waals surface area contributed by atoms with Crippen molar-refractivity contribution in [1.82, 2.24) is 9.88 Å². The van der Waals surface area contributed by atoms with Crippen LogP contribution in [-0.4, -0.2) is 53.5 Å². The van der Waals surface area contributed by atoms with Gasteiger partial charge in [0.25, 0.3) is 0 Å². The van der Waals surface area contributed by atoms with Crippen LogP contribution < -0.4 is 4.90 Å². The van der Waals surface area contributed by atoms with E-state index in [1.807, 2.05) is 16.7 Å². The summed E-state index contributed by atoms with van der Waals surface area (Å²) >= 11 is 1.91. The number of nitriles is 1. The van der Waals surface area contributed by atoms with Gasteiger partial charge < -0.3 is 9.80 Å². The first-order valence-corrected chi connectivity index (χ1v) is 8.91. The third-order valence-corrected chi connectivity index (χ3v) is 5.24. The molecule has 1 unspecified atom stereocenters. The van der Waals surface area contributed by atoms with Gasteiger partial charge in [-0.1, -0.05) is 0 Å². The highest BCUT2D eigenvalue weighted by atomic mass is 32.2. The van der Waals surface area contributed by atoms with Gasteiger partial charge in [0, 0.05) is 43.9 Å². The number of aromatic nitrogens is 1. The van der Waals surface area contributed by atoms with E-state index in [4.69, 9.17) is 0 Å². The molecule has 1 aromatic rings. The second-order valence-electron chi connectivity index (χ2n) is 5.71. The van der Waals surface area contributed by atoms with Gasteiger partial charge in [-0.3, -0.25) is 4.79 Å². The highest BCUT2D eigenvalue weighted by Gasteiger charge is 2.31. The number of anilines is 1. The molecule has 116 valence electrons. The summed E-state index contributed by atoms with van der Waals surface area (Å²) in [7, 11) is 0. The van der Waals surface area contributed by atoms with Gasteiger partial charge in [0.2, 0.25) is 5.91 Å². The Morgan fingerprint density at radius 1 is 1.36 bits per heavy atom. The van der Waals surface area contributed by atoms with E-state index in [2.05, 4.69) is 16.0 Å². The molecule has 2 aliphatic heterocycles. The van der Waals surface area contributed by atoms with Crippen molar-refractivity contribution in [1.29, 1.82) is 5.26 Å². The molecule has 0 N–H and O–H groups in total. The first-order valence-electron chi connectivity index (χ1n) is 7.76. The van der Waals surface area contributed by atoms with Crippen molar-refractivity contribution >= 4 is 23.5 Å². The van der Waals surface area contributed by atoms with Gasteiger partial charge in [0.05, 0.1) is 11.5 Å². The van der Waals surface area contributed by atoms with Crippen LogP contribution in [0.25, 0.3) is 0 Å². The highest BCUT2D eigenvalue weighted by molar-refractivity contribution is 7.99. The topological polar surface area (TPSA) is 60.2 Å². The van der Waals surface area contributed by atoms with Crippen molar-refractivity contribution in [3.8, 4) is 6.07 Å². The van der Waals surface area contributed by atoms with E-state index in [0.29, 0.717) is 12.1 Å². The van der Waals surface area contributed by atoms with Crippen molar-refractivity contribution in [2.24, 2.45) is 5.92 Å². The van der Waals surface area contributed by atoms with E-state index < -0.39 is 0 Å². The summed E-state index contributed by atoms with van der Waals surface area (Å²) < 4.78 is 0. The maximum atomic E-state index is 12.7. The van der Waals surface area contributed by atoms with E-state index in [1.165, 1.54) is 0 Å². The SMILES string of the molecule is N#Cc1cccnc1N1CCCC(C(=O)N2CCSCC2)C1. The lowest BCUT2D eigenvalue weighted by Crippen LogP contribution is -2.47. The van der Waals surface area contributed by atoms with Crippen molar-refractivity contribution < 1.29 is 4.79 Å². The Morgan fingerprint density at radius 2 is 2.18 bits per heavy atom. The minimum atomic E-state index is 0.0328. The lowest BCUT2D eigenvalue weighted by molar-refractivity contribution is -0.135. The van der Waals surface area contributed by atoms with Crippen molar-refractivity contribution in [2.45, 2.75) is 12.8 Å². The lowest BCUT2D eigenvalue weighted by Gasteiger charge is -2.36. The van der Waals surface area contributed by atoms with Gasteiger partial charge in [-0.2, -0.15) is 17.0 Å². The summed E-state index contributed by atoms with van der Waals surface area (Å²) in [4.78, 5) is 21.2. The Labute approximate surface area is 135 Å². The smallest absolute Gasteiger partial charge is 0.227 e. The number of piperidine rings is 1. The van der Waals surface area contributed by atoms with Gasteiger partial charge in [0.1, 0.15) is 11.9 Å². The Kier molecular flexibility index (Phi) is 4.84. The van der Waals surface area contributed by atoms with Crippen LogP contribution in [0, 0.1) is 17.2 Å². The summed E-state index contributed by atoms with van der Waals surface area (Å²) in [5, 5.41) is 9.23. The Balaban J connectivity index is 1.71. The summed E-state index contributed by atoms with van der Waals surface area (Å²) in [6.07, 6.45) is 3.62. The third kappa shape index (κ3) is 3.20. The summed E-state index contributed by atoms with van der Waals surface area (Å²) in [5.74, 6) is 3.11. The van der Waals surface area contributed by atoms with Crippen LogP contribution in [0.15, 0.2) is 18.3 Å². The van der Waals surface area contributed by atoms with Crippen LogP contribution in [0.5, 0.6) is 0 Å². The zero-order valence-corrected chi connectivity index (χ0v) is 13.4. The van der Waals surface area contributed by atoms with Crippen LogP contribution in [0.3, 0.4) is 0 Å². The molecular weight excluding hydrogens is 296 g/mol. The van der Waals surface area contributed by atoms with Gasteiger partial charge in [-0.15, -0.1) is 0 Å². The molecule has 0 aromatic carbocycles. The zero-order chi connectivity index (χ0) is 15.4. The van der Waals surface area contributed by atoms with Crippen molar-refractivity contribution in [2.75, 3.05) is 42.6 Å². The van der Waals surface area contributed by atoms with E-state index >= 15 is 0 Å². The van der Waals surface area contributed by atoms with Gasteiger partial charge in [-0.25, -0.2) is 4.98 Å². The van der Waals surface area contributed by atoms with Crippen molar-refractivity contribution in [3.63, 3.8) is 0 Å². The molecule has 1 aromatic heterocycles. The molecule has 3 rings (SSSR count). The predicted molar refractivity (Wildman–Crippen MR) is 87.8 cm³/mol. The maximum Gasteiger partial charge on any atom is 0.227 e. The number of pyridine rings is 1. The normalized spacial score (nSPS) is 22.2. The molecule has 1 amide bonds. The van der Waals surface area contributed by atoms with Crippen molar-refractivity contribution in [3.05, 3.63) is 23.9 Å². The zero-order valence-electron chi connectivity index (χ0n) is 12.6. The fourth-order valence-corrected chi connectivity index (χ4v) is 4.05. The quantitative estimate of drug-likeness (QED) is 0.832. The van der Waals surface area contributed by atoms with E-state index in [-0.39, 0.29) is 11.8 Å². The summed E-state index contributed by atoms with van der Waals surface area (Å²) in [6.45, 7) is 3.28. The summed E-state index contributed by atoms with van der Waals surface area (Å²) in [6, 6.07) is 5.76. The number of rotatable bonds is 2. The molecule has 2 aliphatic rings. The van der Waals surface area contributed by atoms with Crippen LogP contribution in [0.1, 0.15) is 18.4 Å². The molecule has 2 saturated heterocycles. The minimum absolute atomic E-state index is 0.0328. The number of amides is 1. The molecule has 2 fully saturated rings. The fraction of sp³-hybridized carbons (Fsp3) is 0.562. The van der Waals surface area contributed by atoms with Gasteiger partial charge in [-0.05, 0) is 25.0 Å². The number of hydrogen-bond acceptors (Lipinski definition) is 5. The Hall–Kier alpha value is -1.74. The molecule has 0 saturated carbocycles. The minimum Gasteiger partial charge on any atom is -0.355 e. The molecular formula is C16H20N4OS. The standard InChI is InChI=1S/C16H20N4OS/c17-11-13-3-1-5-18-15(13)20-6-2-4-14(12-20)16(21)19-7-9-22-10-8-19/h1,3,5,14H,2,4,6-10,12H2. The molecule has 0 bridgehead atoms. The molecule has 1 atom stereocenters. The van der Waals surface area contributed by atoms with E-state index in [1.54, 1.807) is 18.3 Å². The highest BCUT2D eigenvalue weighted by Crippen LogP contribution is 2.26. The van der Waals surface area contributed by atoms with Crippen LogP contribution in [0.2, 0.25) is 0 Å². The monoisotopic (exact) mass is 316 g/mol. The third-order valence-electron chi connectivity index (χ3n) is 4.30. The van der Waals surface area contributed by atoms with Gasteiger partial charge in [0.15, 0.2) is 0 Å². The first kappa shape index (κ1) is 15.2. The lowest BCUT2D eigenvalue weighted by atomic mass is 9.96. The molecule has 22 heavy (non-hydrogen) atoms. The Bertz CT molecular complexity index is 580. The van der Waals surface area contributed by atoms with Gasteiger partial charge >= 0.3 is 0 Å². The number of thioether (sulfide) groups is 1. The number of carbonyl (C=O) groups is 1. The molecule has 5 nitrogen and oxygen atoms in total. The average Bonchev–Trinajstić information content (AvgIpc) is 2.62. The predicted octanol–water partition coefficient (Wildman–Crippen LogP) is 1.75. The van der Waals surface area contributed by atoms with Crippen LogP contribution >= 0.6 is 11.8 Å². The molecule has 0 aliphatic carbocycles. The van der Waals surface area contributed by atoms with Crippen LogP contribution in [0.4, 0.5) is 5.82 Å². The number of hydrogen-bond donors (Lipinski definition) is 0. The Morgan fingerprint density at radius 3 is 2.95 bits per heavy atom. The molecule has 6 heteroatoms. The number of carbonyl (C=O) groups excluding carboxylic acids is 1. The largest absolute Gasteiger partial charge is 0.355 e. The van der Waals surface area contributed by atoms with Crippen LogP contribution in [-0.2, 0) is 4.79 Å². The second kappa shape index (κ2) is 7.01. The fourth-order valence-electron chi connectivity index (χ4n) is 3.15.